The van der Waals surface area contributed by atoms with Gasteiger partial charge in [0.2, 0.25) is 0 Å². The third-order valence-electron chi connectivity index (χ3n) is 1.92. The lowest BCUT2D eigenvalue weighted by molar-refractivity contribution is 0.476. The molecule has 0 radical (unpaired) electrons. The second kappa shape index (κ2) is 6.80. The molecule has 1 N–H and O–H groups in total. The minimum Gasteiger partial charge on any atom is -0.306 e. The Morgan fingerprint density at radius 2 is 2.09 bits per heavy atom. The van der Waals surface area contributed by atoms with E-state index >= 15 is 0 Å². The molecular weight excluding hydrogens is 160 g/mol. The van der Waals surface area contributed by atoms with Crippen molar-refractivity contribution < 1.29 is 8.76 Å². The van der Waals surface area contributed by atoms with Gasteiger partial charge in [-0.2, -0.15) is 0 Å². The summed E-state index contributed by atoms with van der Waals surface area (Å²) in [6, 6.07) is 0. The number of unbranched alkanes of at least 4 members (excludes halogenated alkanes) is 1. The van der Waals surface area contributed by atoms with Gasteiger partial charge in [-0.3, -0.25) is 0 Å². The Labute approximate surface area is 71.7 Å². The monoisotopic (exact) mass is 178 g/mol. The molecule has 0 fully saturated rings. The first-order valence-electron chi connectivity index (χ1n) is 4.28. The molecule has 2 nitrogen and oxygen atoms in total. The predicted octanol–water partition coefficient (Wildman–Crippen LogP) is 2.42. The van der Waals surface area contributed by atoms with Crippen molar-refractivity contribution in [3.8, 4) is 0 Å². The van der Waals surface area contributed by atoms with Crippen molar-refractivity contribution in [2.45, 2.75) is 39.5 Å². The van der Waals surface area contributed by atoms with Crippen molar-refractivity contribution in [3.63, 3.8) is 0 Å². The van der Waals surface area contributed by atoms with E-state index in [9.17, 15) is 4.21 Å². The smallest absolute Gasteiger partial charge is 0.153 e. The Bertz CT molecular complexity index is 115. The molecule has 3 heteroatoms. The molecule has 2 unspecified atom stereocenters. The summed E-state index contributed by atoms with van der Waals surface area (Å²) in [6.07, 6.45) is 4.47. The molecule has 0 saturated carbocycles. The first kappa shape index (κ1) is 11.1. The molecule has 0 aliphatic carbocycles. The zero-order valence-corrected chi connectivity index (χ0v) is 8.19. The standard InChI is InChI=1S/C8H18O2S/c1-3-5-6-8(4-2)7-11(9)10/h8H,3-7H2,1-2H3,(H,9,10). The highest BCUT2D eigenvalue weighted by Gasteiger charge is 2.08. The number of hydrogen-bond acceptors (Lipinski definition) is 1. The maximum absolute atomic E-state index is 10.4. The Balaban J connectivity index is 3.49. The summed E-state index contributed by atoms with van der Waals surface area (Å²) in [5.74, 6) is 0.900. The molecule has 0 aliphatic heterocycles. The van der Waals surface area contributed by atoms with Crippen LogP contribution in [-0.2, 0) is 11.1 Å². The van der Waals surface area contributed by atoms with Gasteiger partial charge in [0.15, 0.2) is 11.1 Å². The van der Waals surface area contributed by atoms with E-state index in [-0.39, 0.29) is 0 Å². The van der Waals surface area contributed by atoms with Crippen LogP contribution in [0.4, 0.5) is 0 Å². The van der Waals surface area contributed by atoms with E-state index < -0.39 is 11.1 Å². The van der Waals surface area contributed by atoms with Crippen LogP contribution in [0.5, 0.6) is 0 Å². The molecule has 0 bridgehead atoms. The van der Waals surface area contributed by atoms with E-state index in [4.69, 9.17) is 4.55 Å². The van der Waals surface area contributed by atoms with Gasteiger partial charge in [-0.15, -0.1) is 0 Å². The van der Waals surface area contributed by atoms with Crippen LogP contribution in [0.3, 0.4) is 0 Å². The number of hydrogen-bond donors (Lipinski definition) is 1. The fourth-order valence-electron chi connectivity index (χ4n) is 1.10. The van der Waals surface area contributed by atoms with E-state index in [0.29, 0.717) is 11.7 Å². The lowest BCUT2D eigenvalue weighted by Crippen LogP contribution is -2.09. The fourth-order valence-corrected chi connectivity index (χ4v) is 1.91. The van der Waals surface area contributed by atoms with Crippen molar-refractivity contribution in [2.24, 2.45) is 5.92 Å². The van der Waals surface area contributed by atoms with Gasteiger partial charge < -0.3 is 4.55 Å². The molecule has 2 atom stereocenters. The van der Waals surface area contributed by atoms with E-state index in [0.717, 1.165) is 12.8 Å². The first-order valence-corrected chi connectivity index (χ1v) is 5.55. The van der Waals surface area contributed by atoms with E-state index in [1.54, 1.807) is 0 Å². The van der Waals surface area contributed by atoms with Crippen molar-refractivity contribution in [3.05, 3.63) is 0 Å². The summed E-state index contributed by atoms with van der Waals surface area (Å²) in [7, 11) is 0. The van der Waals surface area contributed by atoms with Crippen LogP contribution in [0, 0.1) is 5.92 Å². The summed E-state index contributed by atoms with van der Waals surface area (Å²) >= 11 is -1.60. The van der Waals surface area contributed by atoms with E-state index in [2.05, 4.69) is 13.8 Å². The summed E-state index contributed by atoms with van der Waals surface area (Å²) in [5, 5.41) is 0. The van der Waals surface area contributed by atoms with Gasteiger partial charge in [0, 0.05) is 0 Å². The Kier molecular flexibility index (Phi) is 6.87. The van der Waals surface area contributed by atoms with Crippen molar-refractivity contribution in [1.82, 2.24) is 0 Å². The Morgan fingerprint density at radius 1 is 1.45 bits per heavy atom. The third kappa shape index (κ3) is 6.51. The Morgan fingerprint density at radius 3 is 2.45 bits per heavy atom. The lowest BCUT2D eigenvalue weighted by Gasteiger charge is -2.10. The van der Waals surface area contributed by atoms with Crippen LogP contribution in [-0.4, -0.2) is 14.5 Å². The average Bonchev–Trinajstić information content (AvgIpc) is 1.97. The van der Waals surface area contributed by atoms with Gasteiger partial charge >= 0.3 is 0 Å². The van der Waals surface area contributed by atoms with E-state index in [1.165, 1.54) is 12.8 Å². The molecule has 0 aliphatic rings. The highest BCUT2D eigenvalue weighted by molar-refractivity contribution is 7.79. The van der Waals surface area contributed by atoms with Crippen LogP contribution < -0.4 is 0 Å². The summed E-state index contributed by atoms with van der Waals surface area (Å²) < 4.78 is 19.1. The molecule has 0 amide bonds. The van der Waals surface area contributed by atoms with Gasteiger partial charge in [0.05, 0.1) is 5.75 Å². The molecule has 0 aromatic heterocycles. The van der Waals surface area contributed by atoms with Crippen LogP contribution in [0.2, 0.25) is 0 Å². The first-order chi connectivity index (χ1) is 5.20. The quantitative estimate of drug-likeness (QED) is 0.634. The van der Waals surface area contributed by atoms with Crippen molar-refractivity contribution >= 4 is 11.1 Å². The second-order valence-electron chi connectivity index (χ2n) is 2.90. The van der Waals surface area contributed by atoms with Gasteiger partial charge in [0.1, 0.15) is 0 Å². The van der Waals surface area contributed by atoms with Gasteiger partial charge in [-0.25, -0.2) is 4.21 Å². The minimum atomic E-state index is -1.60. The maximum Gasteiger partial charge on any atom is 0.153 e. The molecule has 0 aromatic rings. The zero-order valence-electron chi connectivity index (χ0n) is 7.38. The Hall–Kier alpha value is 0.110. The minimum absolute atomic E-state index is 0.445. The second-order valence-corrected chi connectivity index (χ2v) is 3.88. The van der Waals surface area contributed by atoms with Crippen LogP contribution in [0.25, 0.3) is 0 Å². The van der Waals surface area contributed by atoms with Gasteiger partial charge in [0.25, 0.3) is 0 Å². The summed E-state index contributed by atoms with van der Waals surface area (Å²) in [6.45, 7) is 4.22. The van der Waals surface area contributed by atoms with Crippen LogP contribution >= 0.6 is 0 Å². The largest absolute Gasteiger partial charge is 0.306 e. The van der Waals surface area contributed by atoms with E-state index in [1.807, 2.05) is 0 Å². The normalized spacial score (nSPS) is 16.3. The average molecular weight is 178 g/mol. The predicted molar refractivity (Wildman–Crippen MR) is 48.9 cm³/mol. The van der Waals surface area contributed by atoms with Gasteiger partial charge in [-0.05, 0) is 12.3 Å². The van der Waals surface area contributed by atoms with Crippen LogP contribution in [0.1, 0.15) is 39.5 Å². The highest BCUT2D eigenvalue weighted by atomic mass is 32.2. The SMILES string of the molecule is CCCCC(CC)CS(=O)O. The topological polar surface area (TPSA) is 37.3 Å². The number of rotatable bonds is 6. The summed E-state index contributed by atoms with van der Waals surface area (Å²) in [5.41, 5.74) is 0. The maximum atomic E-state index is 10.4. The van der Waals surface area contributed by atoms with Gasteiger partial charge in [-0.1, -0.05) is 33.1 Å². The molecule has 0 spiro atoms. The molecular formula is C8H18O2S. The lowest BCUT2D eigenvalue weighted by atomic mass is 10.0. The molecule has 68 valence electrons. The summed E-state index contributed by atoms with van der Waals surface area (Å²) in [4.78, 5) is 0. The molecule has 11 heavy (non-hydrogen) atoms. The molecule has 0 aromatic carbocycles. The van der Waals surface area contributed by atoms with Crippen LogP contribution in [0.15, 0.2) is 0 Å². The highest BCUT2D eigenvalue weighted by Crippen LogP contribution is 2.12. The van der Waals surface area contributed by atoms with Crippen molar-refractivity contribution in [1.29, 1.82) is 0 Å². The molecule has 0 rings (SSSR count). The fraction of sp³-hybridized carbons (Fsp3) is 1.00. The molecule has 0 heterocycles. The third-order valence-corrected chi connectivity index (χ3v) is 2.68. The van der Waals surface area contributed by atoms with Crippen molar-refractivity contribution in [2.75, 3.05) is 5.75 Å². The zero-order chi connectivity index (χ0) is 8.69. The molecule has 0 saturated heterocycles.